The summed E-state index contributed by atoms with van der Waals surface area (Å²) in [5.74, 6) is 1.53. The van der Waals surface area contributed by atoms with Crippen LogP contribution in [0.4, 0.5) is 0 Å². The van der Waals surface area contributed by atoms with E-state index < -0.39 is 5.60 Å². The molecule has 2 rings (SSSR count). The zero-order chi connectivity index (χ0) is 16.5. The van der Waals surface area contributed by atoms with E-state index in [1.807, 2.05) is 13.8 Å². The third kappa shape index (κ3) is 3.92. The number of hydrogen-bond acceptors (Lipinski definition) is 2. The Hall–Kier alpha value is -1.28. The first kappa shape index (κ1) is 17.1. The number of ether oxygens (including phenoxy) is 1. The topological polar surface area (TPSA) is 29.5 Å². The van der Waals surface area contributed by atoms with Gasteiger partial charge in [0.1, 0.15) is 11.9 Å². The van der Waals surface area contributed by atoms with Gasteiger partial charge in [0.25, 0.3) is 0 Å². The first-order valence-corrected chi connectivity index (χ1v) is 8.33. The molecule has 0 radical (unpaired) electrons. The van der Waals surface area contributed by atoms with Gasteiger partial charge in [0.15, 0.2) is 0 Å². The predicted octanol–water partition coefficient (Wildman–Crippen LogP) is 4.99. The number of aliphatic hydroxyl groups is 1. The van der Waals surface area contributed by atoms with Gasteiger partial charge in [-0.3, -0.25) is 0 Å². The summed E-state index contributed by atoms with van der Waals surface area (Å²) in [5, 5.41) is 10.5. The zero-order valence-corrected chi connectivity index (χ0v) is 14.8. The van der Waals surface area contributed by atoms with Gasteiger partial charge in [0.05, 0.1) is 5.60 Å². The molecule has 1 aromatic rings. The molecule has 2 heteroatoms. The van der Waals surface area contributed by atoms with Crippen molar-refractivity contribution < 1.29 is 9.84 Å². The second kappa shape index (κ2) is 6.45. The first-order valence-electron chi connectivity index (χ1n) is 8.33. The summed E-state index contributed by atoms with van der Waals surface area (Å²) in [6, 6.07) is 6.44. The SMILES string of the molecule is CC1=CC[C@H](C(C)(C)O)C(Oc2cc(C)ccc2C(C)C)C1. The molecule has 0 spiro atoms. The minimum atomic E-state index is -0.732. The van der Waals surface area contributed by atoms with Gasteiger partial charge in [0, 0.05) is 12.3 Å². The maximum atomic E-state index is 10.5. The molecule has 2 atom stereocenters. The molecule has 0 amide bonds. The summed E-state index contributed by atoms with van der Waals surface area (Å²) < 4.78 is 6.44. The van der Waals surface area contributed by atoms with Crippen LogP contribution in [-0.2, 0) is 0 Å². The van der Waals surface area contributed by atoms with Crippen molar-refractivity contribution in [2.75, 3.05) is 0 Å². The average Bonchev–Trinajstić information content (AvgIpc) is 2.36. The van der Waals surface area contributed by atoms with Gasteiger partial charge in [-0.1, -0.05) is 37.6 Å². The van der Waals surface area contributed by atoms with Crippen LogP contribution >= 0.6 is 0 Å². The molecule has 0 aromatic heterocycles. The van der Waals surface area contributed by atoms with E-state index in [-0.39, 0.29) is 12.0 Å². The fourth-order valence-electron chi connectivity index (χ4n) is 3.27. The Morgan fingerprint density at radius 3 is 2.50 bits per heavy atom. The monoisotopic (exact) mass is 302 g/mol. The predicted molar refractivity (Wildman–Crippen MR) is 92.5 cm³/mol. The van der Waals surface area contributed by atoms with Gasteiger partial charge in [-0.25, -0.2) is 0 Å². The van der Waals surface area contributed by atoms with Crippen molar-refractivity contribution >= 4 is 0 Å². The van der Waals surface area contributed by atoms with Gasteiger partial charge in [0.2, 0.25) is 0 Å². The van der Waals surface area contributed by atoms with Crippen molar-refractivity contribution in [1.82, 2.24) is 0 Å². The number of allylic oxidation sites excluding steroid dienone is 1. The second-order valence-corrected chi connectivity index (χ2v) is 7.60. The van der Waals surface area contributed by atoms with E-state index in [9.17, 15) is 5.11 Å². The lowest BCUT2D eigenvalue weighted by Crippen LogP contribution is -2.43. The summed E-state index contributed by atoms with van der Waals surface area (Å²) >= 11 is 0. The zero-order valence-electron chi connectivity index (χ0n) is 14.8. The minimum absolute atomic E-state index is 0.0318. The maximum Gasteiger partial charge on any atom is 0.123 e. The van der Waals surface area contributed by atoms with E-state index in [1.54, 1.807) is 0 Å². The third-order valence-corrected chi connectivity index (χ3v) is 4.67. The highest BCUT2D eigenvalue weighted by Gasteiger charge is 2.37. The summed E-state index contributed by atoms with van der Waals surface area (Å²) in [6.07, 6.45) is 4.04. The van der Waals surface area contributed by atoms with Crippen molar-refractivity contribution in [1.29, 1.82) is 0 Å². The van der Waals surface area contributed by atoms with E-state index in [0.717, 1.165) is 18.6 Å². The van der Waals surface area contributed by atoms with Crippen LogP contribution < -0.4 is 4.74 Å². The minimum Gasteiger partial charge on any atom is -0.489 e. The van der Waals surface area contributed by atoms with Crippen LogP contribution in [0.25, 0.3) is 0 Å². The van der Waals surface area contributed by atoms with Crippen LogP contribution in [0.15, 0.2) is 29.8 Å². The Labute approximate surface area is 135 Å². The summed E-state index contributed by atoms with van der Waals surface area (Å²) in [5.41, 5.74) is 3.07. The molecule has 1 aliphatic carbocycles. The van der Waals surface area contributed by atoms with E-state index in [1.165, 1.54) is 16.7 Å². The van der Waals surface area contributed by atoms with Crippen LogP contribution in [-0.4, -0.2) is 16.8 Å². The summed E-state index contributed by atoms with van der Waals surface area (Å²) in [6.45, 7) is 12.4. The smallest absolute Gasteiger partial charge is 0.123 e. The van der Waals surface area contributed by atoms with E-state index in [0.29, 0.717) is 5.92 Å². The second-order valence-electron chi connectivity index (χ2n) is 7.60. The highest BCUT2D eigenvalue weighted by atomic mass is 16.5. The van der Waals surface area contributed by atoms with Crippen molar-refractivity contribution in [2.24, 2.45) is 5.92 Å². The average molecular weight is 302 g/mol. The van der Waals surface area contributed by atoms with Crippen molar-refractivity contribution in [3.8, 4) is 5.75 Å². The van der Waals surface area contributed by atoms with Gasteiger partial charge in [-0.2, -0.15) is 0 Å². The number of rotatable bonds is 4. The van der Waals surface area contributed by atoms with Gasteiger partial charge < -0.3 is 9.84 Å². The molecule has 1 aromatic carbocycles. The Bertz CT molecular complexity index is 549. The molecule has 0 bridgehead atoms. The van der Waals surface area contributed by atoms with Crippen LogP contribution in [0.5, 0.6) is 5.75 Å². The molecular formula is C20H30O2. The fraction of sp³-hybridized carbons (Fsp3) is 0.600. The van der Waals surface area contributed by atoms with Gasteiger partial charge >= 0.3 is 0 Å². The lowest BCUT2D eigenvalue weighted by Gasteiger charge is -2.38. The van der Waals surface area contributed by atoms with E-state index >= 15 is 0 Å². The molecule has 22 heavy (non-hydrogen) atoms. The molecule has 2 nitrogen and oxygen atoms in total. The fourth-order valence-corrected chi connectivity index (χ4v) is 3.27. The van der Waals surface area contributed by atoms with Crippen LogP contribution in [0.3, 0.4) is 0 Å². The third-order valence-electron chi connectivity index (χ3n) is 4.67. The van der Waals surface area contributed by atoms with Gasteiger partial charge in [-0.15, -0.1) is 0 Å². The standard InChI is InChI=1S/C20H30O2/c1-13(2)16-9-7-14(3)11-18(16)22-19-12-15(4)8-10-17(19)20(5,6)21/h7-9,11,13,17,19,21H,10,12H2,1-6H3/t17-,19?/m0/s1. The normalized spacial score (nSPS) is 22.6. The molecular weight excluding hydrogens is 272 g/mol. The Balaban J connectivity index is 2.31. The van der Waals surface area contributed by atoms with E-state index in [4.69, 9.17) is 4.74 Å². The van der Waals surface area contributed by atoms with Crippen molar-refractivity contribution in [2.45, 2.75) is 72.0 Å². The number of aryl methyl sites for hydroxylation is 1. The molecule has 1 unspecified atom stereocenters. The molecule has 0 heterocycles. The molecule has 0 fully saturated rings. The van der Waals surface area contributed by atoms with Gasteiger partial charge in [-0.05, 0) is 57.2 Å². The summed E-state index contributed by atoms with van der Waals surface area (Å²) in [7, 11) is 0. The molecule has 1 N–H and O–H groups in total. The quantitative estimate of drug-likeness (QED) is 0.794. The molecule has 0 saturated carbocycles. The Morgan fingerprint density at radius 1 is 1.23 bits per heavy atom. The molecule has 0 aliphatic heterocycles. The van der Waals surface area contributed by atoms with Crippen molar-refractivity contribution in [3.05, 3.63) is 41.0 Å². The number of benzene rings is 1. The molecule has 122 valence electrons. The van der Waals surface area contributed by atoms with Crippen LogP contribution in [0.1, 0.15) is 64.5 Å². The Morgan fingerprint density at radius 2 is 1.91 bits per heavy atom. The lowest BCUT2D eigenvalue weighted by molar-refractivity contribution is -0.0393. The molecule has 1 aliphatic rings. The Kier molecular flexibility index (Phi) is 5.01. The highest BCUT2D eigenvalue weighted by molar-refractivity contribution is 5.39. The lowest BCUT2D eigenvalue weighted by atomic mass is 9.77. The molecule has 0 saturated heterocycles. The first-order chi connectivity index (χ1) is 10.2. The van der Waals surface area contributed by atoms with Crippen molar-refractivity contribution in [3.63, 3.8) is 0 Å². The maximum absolute atomic E-state index is 10.5. The van der Waals surface area contributed by atoms with Crippen LogP contribution in [0.2, 0.25) is 0 Å². The highest BCUT2D eigenvalue weighted by Crippen LogP contribution is 2.37. The van der Waals surface area contributed by atoms with E-state index in [2.05, 4.69) is 52.0 Å². The largest absolute Gasteiger partial charge is 0.489 e. The van der Waals surface area contributed by atoms with Crippen LogP contribution in [0, 0.1) is 12.8 Å². The summed E-state index contributed by atoms with van der Waals surface area (Å²) in [4.78, 5) is 0. The number of hydrogen-bond donors (Lipinski definition) is 1.